The molecule has 0 heterocycles. The number of aryl methyl sites for hydroxylation is 2. The van der Waals surface area contributed by atoms with Gasteiger partial charge in [-0.15, -0.1) is 0 Å². The Morgan fingerprint density at radius 2 is 1.79 bits per heavy atom. The quantitative estimate of drug-likeness (QED) is 0.852. The van der Waals surface area contributed by atoms with Crippen molar-refractivity contribution in [1.82, 2.24) is 0 Å². The van der Waals surface area contributed by atoms with Crippen LogP contribution in [0.3, 0.4) is 0 Å². The zero-order chi connectivity index (χ0) is 13.8. The van der Waals surface area contributed by atoms with Crippen LogP contribution in [-0.4, -0.2) is 12.2 Å². The van der Waals surface area contributed by atoms with Crippen LogP contribution in [-0.2, 0) is 0 Å². The molecule has 0 saturated heterocycles. The molecular weight excluding hydrogens is 238 g/mol. The lowest BCUT2D eigenvalue weighted by molar-refractivity contribution is 0.101. The SMILES string of the molecule is Cc1ccc(NC(=O)c2ccccc2C=O)cc1C. The molecule has 3 heteroatoms. The van der Waals surface area contributed by atoms with Gasteiger partial charge in [0.1, 0.15) is 0 Å². The first-order valence-electron chi connectivity index (χ1n) is 6.04. The van der Waals surface area contributed by atoms with Crippen LogP contribution >= 0.6 is 0 Å². The molecule has 0 aromatic heterocycles. The average molecular weight is 253 g/mol. The molecule has 2 aromatic carbocycles. The van der Waals surface area contributed by atoms with Gasteiger partial charge in [-0.3, -0.25) is 9.59 Å². The van der Waals surface area contributed by atoms with Gasteiger partial charge in [0.25, 0.3) is 5.91 Å². The fourth-order valence-corrected chi connectivity index (χ4v) is 1.82. The van der Waals surface area contributed by atoms with E-state index in [2.05, 4.69) is 5.32 Å². The minimum Gasteiger partial charge on any atom is -0.322 e. The molecule has 0 aliphatic rings. The molecule has 0 bridgehead atoms. The molecule has 2 aromatic rings. The Balaban J connectivity index is 2.25. The number of hydrogen-bond donors (Lipinski definition) is 1. The van der Waals surface area contributed by atoms with Crippen LogP contribution in [0.1, 0.15) is 31.8 Å². The van der Waals surface area contributed by atoms with Crippen LogP contribution in [0.4, 0.5) is 5.69 Å². The number of carbonyl (C=O) groups is 2. The molecule has 0 unspecified atom stereocenters. The van der Waals surface area contributed by atoms with Gasteiger partial charge in [0.2, 0.25) is 0 Å². The zero-order valence-electron chi connectivity index (χ0n) is 10.9. The largest absolute Gasteiger partial charge is 0.322 e. The van der Waals surface area contributed by atoms with Crippen LogP contribution in [0, 0.1) is 13.8 Å². The second kappa shape index (κ2) is 5.48. The van der Waals surface area contributed by atoms with Crippen molar-refractivity contribution in [1.29, 1.82) is 0 Å². The fourth-order valence-electron chi connectivity index (χ4n) is 1.82. The number of hydrogen-bond acceptors (Lipinski definition) is 2. The molecule has 0 aliphatic heterocycles. The summed E-state index contributed by atoms with van der Waals surface area (Å²) in [6, 6.07) is 12.5. The highest BCUT2D eigenvalue weighted by molar-refractivity contribution is 6.08. The first-order valence-corrected chi connectivity index (χ1v) is 6.04. The number of aldehydes is 1. The highest BCUT2D eigenvalue weighted by Gasteiger charge is 2.10. The molecule has 0 saturated carbocycles. The number of anilines is 1. The smallest absolute Gasteiger partial charge is 0.256 e. The van der Waals surface area contributed by atoms with E-state index in [-0.39, 0.29) is 5.91 Å². The molecular formula is C16H15NO2. The Bertz CT molecular complexity index is 632. The maximum atomic E-state index is 12.1. The molecule has 1 amide bonds. The van der Waals surface area contributed by atoms with Gasteiger partial charge in [-0.25, -0.2) is 0 Å². The van der Waals surface area contributed by atoms with Gasteiger partial charge >= 0.3 is 0 Å². The summed E-state index contributed by atoms with van der Waals surface area (Å²) >= 11 is 0. The third-order valence-corrected chi connectivity index (χ3v) is 3.10. The van der Waals surface area contributed by atoms with Crippen LogP contribution in [0.5, 0.6) is 0 Å². The summed E-state index contributed by atoms with van der Waals surface area (Å²) in [6.07, 6.45) is 0.690. The van der Waals surface area contributed by atoms with Gasteiger partial charge in [-0.1, -0.05) is 24.3 Å². The first-order chi connectivity index (χ1) is 9.11. The summed E-state index contributed by atoms with van der Waals surface area (Å²) in [5.74, 6) is -0.272. The molecule has 0 spiro atoms. The molecule has 19 heavy (non-hydrogen) atoms. The third kappa shape index (κ3) is 2.88. The zero-order valence-corrected chi connectivity index (χ0v) is 10.9. The van der Waals surface area contributed by atoms with Crippen LogP contribution in [0.15, 0.2) is 42.5 Å². The predicted molar refractivity (Wildman–Crippen MR) is 75.7 cm³/mol. The van der Waals surface area contributed by atoms with E-state index in [9.17, 15) is 9.59 Å². The van der Waals surface area contributed by atoms with E-state index < -0.39 is 0 Å². The molecule has 1 N–H and O–H groups in total. The van der Waals surface area contributed by atoms with Gasteiger partial charge in [-0.2, -0.15) is 0 Å². The lowest BCUT2D eigenvalue weighted by Crippen LogP contribution is -2.14. The van der Waals surface area contributed by atoms with E-state index >= 15 is 0 Å². The summed E-state index contributed by atoms with van der Waals surface area (Å²) in [5.41, 5.74) is 3.79. The van der Waals surface area contributed by atoms with E-state index in [1.54, 1.807) is 24.3 Å². The Kier molecular flexibility index (Phi) is 3.76. The Labute approximate surface area is 112 Å². The van der Waals surface area contributed by atoms with E-state index in [1.807, 2.05) is 32.0 Å². The topological polar surface area (TPSA) is 46.2 Å². The second-order valence-corrected chi connectivity index (χ2v) is 4.46. The third-order valence-electron chi connectivity index (χ3n) is 3.10. The van der Waals surface area contributed by atoms with E-state index in [4.69, 9.17) is 0 Å². The average Bonchev–Trinajstić information content (AvgIpc) is 2.43. The normalized spacial score (nSPS) is 10.0. The van der Waals surface area contributed by atoms with Crippen LogP contribution < -0.4 is 5.32 Å². The number of amides is 1. The Morgan fingerprint density at radius 3 is 2.47 bits per heavy atom. The van der Waals surface area contributed by atoms with Gasteiger partial charge in [-0.05, 0) is 43.2 Å². The lowest BCUT2D eigenvalue weighted by Gasteiger charge is -2.08. The predicted octanol–water partition coefficient (Wildman–Crippen LogP) is 3.37. The van der Waals surface area contributed by atoms with Crippen LogP contribution in [0.2, 0.25) is 0 Å². The second-order valence-electron chi connectivity index (χ2n) is 4.46. The molecule has 96 valence electrons. The van der Waals surface area contributed by atoms with Crippen molar-refractivity contribution in [3.05, 3.63) is 64.7 Å². The Morgan fingerprint density at radius 1 is 1.05 bits per heavy atom. The molecule has 0 aliphatic carbocycles. The van der Waals surface area contributed by atoms with Crippen molar-refractivity contribution < 1.29 is 9.59 Å². The molecule has 0 radical (unpaired) electrons. The van der Waals surface area contributed by atoms with Crippen molar-refractivity contribution >= 4 is 17.9 Å². The minimum atomic E-state index is -0.272. The van der Waals surface area contributed by atoms with Crippen molar-refractivity contribution in [2.75, 3.05) is 5.32 Å². The summed E-state index contributed by atoms with van der Waals surface area (Å²) in [4.78, 5) is 23.0. The summed E-state index contributed by atoms with van der Waals surface area (Å²) in [6.45, 7) is 4.01. The highest BCUT2D eigenvalue weighted by atomic mass is 16.1. The number of benzene rings is 2. The number of nitrogens with one attached hydrogen (secondary N) is 1. The molecule has 3 nitrogen and oxygen atoms in total. The van der Waals surface area contributed by atoms with Gasteiger partial charge in [0.15, 0.2) is 6.29 Å². The first kappa shape index (κ1) is 13.0. The molecule has 0 fully saturated rings. The van der Waals surface area contributed by atoms with Gasteiger partial charge in [0.05, 0.1) is 5.56 Å². The molecule has 0 atom stereocenters. The highest BCUT2D eigenvalue weighted by Crippen LogP contribution is 2.16. The number of rotatable bonds is 3. The fraction of sp³-hybridized carbons (Fsp3) is 0.125. The van der Waals surface area contributed by atoms with Crippen molar-refractivity contribution in [3.63, 3.8) is 0 Å². The van der Waals surface area contributed by atoms with E-state index in [0.29, 0.717) is 17.4 Å². The summed E-state index contributed by atoms with van der Waals surface area (Å²) < 4.78 is 0. The lowest BCUT2D eigenvalue weighted by atomic mass is 10.1. The van der Waals surface area contributed by atoms with E-state index in [1.165, 1.54) is 5.56 Å². The molecule has 2 rings (SSSR count). The maximum absolute atomic E-state index is 12.1. The van der Waals surface area contributed by atoms with Crippen molar-refractivity contribution in [2.45, 2.75) is 13.8 Å². The van der Waals surface area contributed by atoms with Gasteiger partial charge in [0, 0.05) is 11.3 Å². The minimum absolute atomic E-state index is 0.272. The Hall–Kier alpha value is -2.42. The standard InChI is InChI=1S/C16H15NO2/c1-11-7-8-14(9-12(11)2)17-16(19)15-6-4-3-5-13(15)10-18/h3-10H,1-2H3,(H,17,19). The summed E-state index contributed by atoms with van der Waals surface area (Å²) in [5, 5.41) is 2.80. The maximum Gasteiger partial charge on any atom is 0.256 e. The van der Waals surface area contributed by atoms with Crippen LogP contribution in [0.25, 0.3) is 0 Å². The van der Waals surface area contributed by atoms with Crippen molar-refractivity contribution in [3.8, 4) is 0 Å². The van der Waals surface area contributed by atoms with Gasteiger partial charge < -0.3 is 5.32 Å². The van der Waals surface area contributed by atoms with E-state index in [0.717, 1.165) is 11.3 Å². The monoisotopic (exact) mass is 253 g/mol. The summed E-state index contributed by atoms with van der Waals surface area (Å²) in [7, 11) is 0. The van der Waals surface area contributed by atoms with Crippen molar-refractivity contribution in [2.24, 2.45) is 0 Å². The number of carbonyl (C=O) groups excluding carboxylic acids is 2.